The molecular formula is C23H30ClN5O2S. The van der Waals surface area contributed by atoms with Crippen molar-refractivity contribution in [1.29, 1.82) is 0 Å². The number of nitrogens with zero attached hydrogens (tertiary/aromatic N) is 3. The largest absolute Gasteiger partial charge is 0.328 e. The third-order valence-electron chi connectivity index (χ3n) is 6.28. The molecular weight excluding hydrogens is 446 g/mol. The zero-order valence-corrected chi connectivity index (χ0v) is 19.7. The Hall–Kier alpha value is -2.00. The summed E-state index contributed by atoms with van der Waals surface area (Å²) in [5.41, 5.74) is 4.38. The summed E-state index contributed by atoms with van der Waals surface area (Å²) in [7, 11) is 0. The number of benzene rings is 1. The molecule has 2 aromatic rings. The minimum absolute atomic E-state index is 0.0232. The van der Waals surface area contributed by atoms with E-state index in [1.807, 2.05) is 34.7 Å². The van der Waals surface area contributed by atoms with Gasteiger partial charge in [0.25, 0.3) is 0 Å². The molecule has 2 amide bonds. The van der Waals surface area contributed by atoms with E-state index in [1.54, 1.807) is 11.1 Å². The van der Waals surface area contributed by atoms with Crippen LogP contribution in [0.3, 0.4) is 0 Å². The maximum absolute atomic E-state index is 13.2. The number of nitrogens with one attached hydrogen (secondary N) is 2. The van der Waals surface area contributed by atoms with Crippen LogP contribution in [-0.2, 0) is 16.1 Å². The van der Waals surface area contributed by atoms with Crippen molar-refractivity contribution in [3.05, 3.63) is 46.4 Å². The minimum atomic E-state index is -0.454. The molecule has 2 heterocycles. The van der Waals surface area contributed by atoms with Crippen LogP contribution >= 0.6 is 22.9 Å². The second kappa shape index (κ2) is 11.2. The summed E-state index contributed by atoms with van der Waals surface area (Å²) < 4.78 is 0. The summed E-state index contributed by atoms with van der Waals surface area (Å²) in [6.07, 6.45) is 8.35. The Morgan fingerprint density at radius 2 is 2.09 bits per heavy atom. The Kier molecular flexibility index (Phi) is 8.13. The van der Waals surface area contributed by atoms with E-state index in [0.29, 0.717) is 35.7 Å². The first-order valence-electron chi connectivity index (χ1n) is 11.3. The van der Waals surface area contributed by atoms with Gasteiger partial charge in [0.2, 0.25) is 11.8 Å². The van der Waals surface area contributed by atoms with Gasteiger partial charge in [-0.05, 0) is 30.0 Å². The van der Waals surface area contributed by atoms with E-state index in [0.717, 1.165) is 24.8 Å². The Morgan fingerprint density at radius 3 is 2.81 bits per heavy atom. The Bertz CT molecular complexity index is 904. The Morgan fingerprint density at radius 1 is 1.25 bits per heavy atom. The van der Waals surface area contributed by atoms with Gasteiger partial charge in [-0.2, -0.15) is 0 Å². The summed E-state index contributed by atoms with van der Waals surface area (Å²) in [6, 6.07) is 7.22. The van der Waals surface area contributed by atoms with Crippen molar-refractivity contribution in [2.24, 2.45) is 5.92 Å². The van der Waals surface area contributed by atoms with Gasteiger partial charge in [0.1, 0.15) is 6.04 Å². The monoisotopic (exact) mass is 475 g/mol. The first-order valence-corrected chi connectivity index (χ1v) is 12.6. The summed E-state index contributed by atoms with van der Waals surface area (Å²) >= 11 is 7.45. The van der Waals surface area contributed by atoms with E-state index >= 15 is 0 Å². The topological polar surface area (TPSA) is 77.6 Å². The van der Waals surface area contributed by atoms with Crippen molar-refractivity contribution < 1.29 is 9.59 Å². The van der Waals surface area contributed by atoms with Crippen LogP contribution in [0.5, 0.6) is 0 Å². The van der Waals surface area contributed by atoms with Gasteiger partial charge < -0.3 is 10.2 Å². The molecule has 2 N–H and O–H groups in total. The molecule has 1 aliphatic carbocycles. The lowest BCUT2D eigenvalue weighted by molar-refractivity contribution is -0.145. The third kappa shape index (κ3) is 6.28. The van der Waals surface area contributed by atoms with Gasteiger partial charge in [0.05, 0.1) is 6.54 Å². The molecule has 1 unspecified atom stereocenters. The summed E-state index contributed by atoms with van der Waals surface area (Å²) in [5, 5.41) is 7.96. The molecule has 0 spiro atoms. The quantitative estimate of drug-likeness (QED) is 0.605. The first kappa shape index (κ1) is 23.2. The molecule has 1 saturated carbocycles. The van der Waals surface area contributed by atoms with Gasteiger partial charge in [-0.1, -0.05) is 55.8 Å². The lowest BCUT2D eigenvalue weighted by Gasteiger charge is -2.39. The van der Waals surface area contributed by atoms with Crippen LogP contribution < -0.4 is 10.7 Å². The fourth-order valence-corrected chi connectivity index (χ4v) is 5.33. The number of halogens is 1. The van der Waals surface area contributed by atoms with Crippen LogP contribution in [0.15, 0.2) is 35.8 Å². The molecule has 9 heteroatoms. The van der Waals surface area contributed by atoms with Crippen molar-refractivity contribution in [3.8, 4) is 0 Å². The Labute approximate surface area is 198 Å². The smallest absolute Gasteiger partial charge is 0.248 e. The summed E-state index contributed by atoms with van der Waals surface area (Å²) in [4.78, 5) is 32.2. The van der Waals surface area contributed by atoms with Crippen LogP contribution in [0.2, 0.25) is 5.02 Å². The van der Waals surface area contributed by atoms with Gasteiger partial charge in [-0.3, -0.25) is 15.0 Å². The van der Waals surface area contributed by atoms with Crippen LogP contribution in [0, 0.1) is 5.92 Å². The maximum atomic E-state index is 13.2. The number of piperazine rings is 1. The molecule has 32 heavy (non-hydrogen) atoms. The average Bonchev–Trinajstić information content (AvgIpc) is 3.30. The molecule has 1 aromatic carbocycles. The van der Waals surface area contributed by atoms with Gasteiger partial charge in [0.15, 0.2) is 5.13 Å². The number of carbonyl (C=O) groups excluding carboxylic acids is 2. The van der Waals surface area contributed by atoms with Gasteiger partial charge in [0, 0.05) is 36.2 Å². The van der Waals surface area contributed by atoms with Crippen molar-refractivity contribution in [3.63, 3.8) is 0 Å². The molecule has 1 aromatic heterocycles. The second-order valence-corrected chi connectivity index (χ2v) is 9.89. The van der Waals surface area contributed by atoms with Crippen LogP contribution in [0.25, 0.3) is 0 Å². The van der Waals surface area contributed by atoms with E-state index in [-0.39, 0.29) is 18.4 Å². The van der Waals surface area contributed by atoms with E-state index in [9.17, 15) is 9.59 Å². The highest BCUT2D eigenvalue weighted by molar-refractivity contribution is 7.13. The number of aromatic nitrogens is 1. The van der Waals surface area contributed by atoms with E-state index in [2.05, 4.69) is 15.7 Å². The molecule has 7 nitrogen and oxygen atoms in total. The lowest BCUT2D eigenvalue weighted by atomic mass is 9.84. The highest BCUT2D eigenvalue weighted by atomic mass is 35.5. The highest BCUT2D eigenvalue weighted by Crippen LogP contribution is 2.29. The number of hydrogen-bond donors (Lipinski definition) is 2. The molecule has 0 radical (unpaired) electrons. The van der Waals surface area contributed by atoms with Crippen LogP contribution in [0.4, 0.5) is 5.13 Å². The van der Waals surface area contributed by atoms with Crippen molar-refractivity contribution in [1.82, 2.24) is 20.3 Å². The maximum Gasteiger partial charge on any atom is 0.248 e. The second-order valence-electron chi connectivity index (χ2n) is 8.56. The number of rotatable bonds is 8. The number of amides is 2. The van der Waals surface area contributed by atoms with Gasteiger partial charge in [-0.15, -0.1) is 11.3 Å². The lowest BCUT2D eigenvalue weighted by Crippen LogP contribution is -2.59. The molecule has 1 aliphatic heterocycles. The summed E-state index contributed by atoms with van der Waals surface area (Å²) in [6.45, 7) is 2.03. The minimum Gasteiger partial charge on any atom is -0.328 e. The molecule has 2 fully saturated rings. The Balaban J connectivity index is 1.38. The van der Waals surface area contributed by atoms with E-state index < -0.39 is 6.04 Å². The van der Waals surface area contributed by atoms with Gasteiger partial charge in [-0.25, -0.2) is 9.99 Å². The molecule has 4 rings (SSSR count). The fraction of sp³-hybridized carbons (Fsp3) is 0.522. The molecule has 172 valence electrons. The zero-order chi connectivity index (χ0) is 22.3. The zero-order valence-electron chi connectivity index (χ0n) is 18.1. The van der Waals surface area contributed by atoms with Gasteiger partial charge >= 0.3 is 0 Å². The summed E-state index contributed by atoms with van der Waals surface area (Å²) in [5.74, 6) is 0.340. The first-order chi connectivity index (χ1) is 15.6. The standard InChI is InChI=1S/C23H30ClN5O2S/c24-19-8-4-7-18(13-19)15-26-28-10-11-29(21(30)16-28)20(14-17-5-2-1-3-6-17)22(31)27-23-25-9-12-32-23/h4,7-9,12-13,17,20,26H,1-3,5-6,10-11,14-16H2,(H,25,27,31). The normalized spacial score (nSPS) is 19.2. The van der Waals surface area contributed by atoms with Crippen molar-refractivity contribution >= 4 is 39.9 Å². The van der Waals surface area contributed by atoms with E-state index in [4.69, 9.17) is 11.6 Å². The van der Waals surface area contributed by atoms with E-state index in [1.165, 1.54) is 30.6 Å². The predicted molar refractivity (Wildman–Crippen MR) is 127 cm³/mol. The average molecular weight is 476 g/mol. The number of anilines is 1. The number of carbonyl (C=O) groups is 2. The van der Waals surface area contributed by atoms with Crippen LogP contribution in [0.1, 0.15) is 44.1 Å². The predicted octanol–water partition coefficient (Wildman–Crippen LogP) is 3.92. The fourth-order valence-electron chi connectivity index (χ4n) is 4.59. The number of thiazole rings is 1. The molecule has 1 saturated heterocycles. The molecule has 1 atom stereocenters. The van der Waals surface area contributed by atoms with Crippen LogP contribution in [-0.4, -0.2) is 52.4 Å². The molecule has 2 aliphatic rings. The molecule has 0 bridgehead atoms. The SMILES string of the molecule is O=C(Nc1nccs1)C(CC1CCCCC1)N1CCN(NCc2cccc(Cl)c2)CC1=O. The third-order valence-corrected chi connectivity index (χ3v) is 7.20. The highest BCUT2D eigenvalue weighted by Gasteiger charge is 2.35. The van der Waals surface area contributed by atoms with Crippen molar-refractivity contribution in [2.45, 2.75) is 51.1 Å². The number of hydrazine groups is 1. The number of hydrogen-bond acceptors (Lipinski definition) is 6. The van der Waals surface area contributed by atoms with Crippen molar-refractivity contribution in [2.75, 3.05) is 25.0 Å².